The van der Waals surface area contributed by atoms with Crippen molar-refractivity contribution in [3.63, 3.8) is 0 Å². The van der Waals surface area contributed by atoms with Crippen LogP contribution in [0, 0.1) is 5.82 Å². The second-order valence-electron chi connectivity index (χ2n) is 3.95. The van der Waals surface area contributed by atoms with E-state index in [2.05, 4.69) is 10.2 Å². The number of halogens is 1. The van der Waals surface area contributed by atoms with Crippen LogP contribution in [0.4, 0.5) is 4.39 Å². The highest BCUT2D eigenvalue weighted by atomic mass is 32.2. The predicted octanol–water partition coefficient (Wildman–Crippen LogP) is 1.72. The summed E-state index contributed by atoms with van der Waals surface area (Å²) >= 11 is 1.11. The number of carbonyl (C=O) groups is 1. The number of aromatic nitrogens is 3. The van der Waals surface area contributed by atoms with Gasteiger partial charge in [-0.25, -0.2) is 4.39 Å². The van der Waals surface area contributed by atoms with Crippen LogP contribution < -0.4 is 0 Å². The summed E-state index contributed by atoms with van der Waals surface area (Å²) in [5.74, 6) is -0.593. The van der Waals surface area contributed by atoms with E-state index in [1.807, 2.05) is 6.07 Å². The number of hydrogen-bond acceptors (Lipinski definition) is 4. The zero-order valence-electron chi connectivity index (χ0n) is 10.2. The van der Waals surface area contributed by atoms with Gasteiger partial charge in [-0.15, -0.1) is 10.2 Å². The van der Waals surface area contributed by atoms with Gasteiger partial charge in [0.2, 0.25) is 0 Å². The fraction of sp³-hybridized carbons (Fsp3) is 0.250. The maximum absolute atomic E-state index is 13.1. The lowest BCUT2D eigenvalue weighted by molar-refractivity contribution is -0.133. The van der Waals surface area contributed by atoms with Gasteiger partial charge in [0, 0.05) is 13.5 Å². The van der Waals surface area contributed by atoms with Gasteiger partial charge in [0.25, 0.3) is 0 Å². The standard InChI is InChI=1S/C12H12FN3O2S/c1-16-10(6-8-3-2-4-9(13)5-8)14-15-12(16)19-7-11(17)18/h2-5H,6-7H2,1H3,(H,17,18). The highest BCUT2D eigenvalue weighted by Crippen LogP contribution is 2.17. The number of aliphatic carboxylic acids is 1. The van der Waals surface area contributed by atoms with Crippen molar-refractivity contribution in [2.45, 2.75) is 11.6 Å². The first-order chi connectivity index (χ1) is 9.06. The lowest BCUT2D eigenvalue weighted by Crippen LogP contribution is -2.03. The second-order valence-corrected chi connectivity index (χ2v) is 4.89. The van der Waals surface area contributed by atoms with Crippen LogP contribution in [0.3, 0.4) is 0 Å². The lowest BCUT2D eigenvalue weighted by Gasteiger charge is -2.03. The summed E-state index contributed by atoms with van der Waals surface area (Å²) in [7, 11) is 1.76. The molecular formula is C12H12FN3O2S. The molecule has 0 fully saturated rings. The van der Waals surface area contributed by atoms with Crippen molar-refractivity contribution in [1.29, 1.82) is 0 Å². The molecule has 0 saturated heterocycles. The van der Waals surface area contributed by atoms with Gasteiger partial charge in [-0.05, 0) is 17.7 Å². The van der Waals surface area contributed by atoms with Gasteiger partial charge in [-0.2, -0.15) is 0 Å². The van der Waals surface area contributed by atoms with Crippen molar-refractivity contribution >= 4 is 17.7 Å². The van der Waals surface area contributed by atoms with Crippen LogP contribution in [0.2, 0.25) is 0 Å². The van der Waals surface area contributed by atoms with Crippen LogP contribution in [-0.2, 0) is 18.3 Å². The number of hydrogen-bond donors (Lipinski definition) is 1. The van der Waals surface area contributed by atoms with Crippen molar-refractivity contribution < 1.29 is 14.3 Å². The molecule has 0 aliphatic rings. The van der Waals surface area contributed by atoms with E-state index < -0.39 is 5.97 Å². The summed E-state index contributed by atoms with van der Waals surface area (Å²) in [6, 6.07) is 6.27. The minimum atomic E-state index is -0.903. The first kappa shape index (κ1) is 13.5. The zero-order valence-corrected chi connectivity index (χ0v) is 11.0. The fourth-order valence-corrected chi connectivity index (χ4v) is 2.23. The highest BCUT2D eigenvalue weighted by Gasteiger charge is 2.11. The van der Waals surface area contributed by atoms with Gasteiger partial charge < -0.3 is 9.67 Å². The molecule has 2 rings (SSSR count). The Morgan fingerprint density at radius 2 is 2.26 bits per heavy atom. The number of carboxylic acid groups (broad SMARTS) is 1. The van der Waals surface area contributed by atoms with E-state index >= 15 is 0 Å². The summed E-state index contributed by atoms with van der Waals surface area (Å²) in [5.41, 5.74) is 0.797. The van der Waals surface area contributed by atoms with Crippen LogP contribution in [0.5, 0.6) is 0 Å². The van der Waals surface area contributed by atoms with E-state index in [0.29, 0.717) is 17.4 Å². The molecule has 1 heterocycles. The van der Waals surface area contributed by atoms with E-state index in [1.54, 1.807) is 17.7 Å². The molecule has 1 N–H and O–H groups in total. The molecule has 0 spiro atoms. The number of rotatable bonds is 5. The molecule has 0 aliphatic heterocycles. The summed E-state index contributed by atoms with van der Waals surface area (Å²) < 4.78 is 14.8. The molecule has 0 amide bonds. The van der Waals surface area contributed by atoms with Gasteiger partial charge in [0.15, 0.2) is 5.16 Å². The third-order valence-corrected chi connectivity index (χ3v) is 3.51. The first-order valence-corrected chi connectivity index (χ1v) is 6.52. The molecule has 0 atom stereocenters. The molecule has 0 bridgehead atoms. The maximum Gasteiger partial charge on any atom is 0.313 e. The van der Waals surface area contributed by atoms with Crippen LogP contribution in [-0.4, -0.2) is 31.6 Å². The van der Waals surface area contributed by atoms with Gasteiger partial charge in [0.05, 0.1) is 5.75 Å². The van der Waals surface area contributed by atoms with E-state index in [4.69, 9.17) is 5.11 Å². The molecule has 19 heavy (non-hydrogen) atoms. The molecule has 0 aliphatic carbocycles. The molecule has 1 aromatic carbocycles. The quantitative estimate of drug-likeness (QED) is 0.845. The van der Waals surface area contributed by atoms with E-state index in [0.717, 1.165) is 17.3 Å². The molecule has 2 aromatic rings. The SMILES string of the molecule is Cn1c(Cc2cccc(F)c2)nnc1SCC(=O)O. The Balaban J connectivity index is 2.11. The molecule has 100 valence electrons. The van der Waals surface area contributed by atoms with Crippen molar-refractivity contribution in [2.24, 2.45) is 7.05 Å². The topological polar surface area (TPSA) is 68.0 Å². The molecule has 0 radical (unpaired) electrons. The Bertz CT molecular complexity index is 600. The number of nitrogens with zero attached hydrogens (tertiary/aromatic N) is 3. The number of thioether (sulfide) groups is 1. The van der Waals surface area contributed by atoms with Crippen molar-refractivity contribution in [3.8, 4) is 0 Å². The summed E-state index contributed by atoms with van der Waals surface area (Å²) in [6.07, 6.45) is 0.453. The Morgan fingerprint density at radius 3 is 2.95 bits per heavy atom. The Kier molecular flexibility index (Phi) is 4.16. The Labute approximate surface area is 113 Å². The second kappa shape index (κ2) is 5.83. The smallest absolute Gasteiger partial charge is 0.313 e. The molecule has 1 aromatic heterocycles. The average Bonchev–Trinajstić information content (AvgIpc) is 2.68. The summed E-state index contributed by atoms with van der Waals surface area (Å²) in [6.45, 7) is 0. The van der Waals surface area contributed by atoms with Crippen LogP contribution >= 0.6 is 11.8 Å². The lowest BCUT2D eigenvalue weighted by atomic mass is 10.1. The van der Waals surface area contributed by atoms with Gasteiger partial charge in [-0.1, -0.05) is 23.9 Å². The molecule has 0 saturated carbocycles. The average molecular weight is 281 g/mol. The van der Waals surface area contributed by atoms with E-state index in [1.165, 1.54) is 12.1 Å². The molecule has 5 nitrogen and oxygen atoms in total. The molecule has 0 unspecified atom stereocenters. The third-order valence-electron chi connectivity index (χ3n) is 2.50. The molecule has 7 heteroatoms. The Morgan fingerprint density at radius 1 is 1.47 bits per heavy atom. The minimum Gasteiger partial charge on any atom is -0.481 e. The van der Waals surface area contributed by atoms with E-state index in [9.17, 15) is 9.18 Å². The van der Waals surface area contributed by atoms with Gasteiger partial charge in [0.1, 0.15) is 11.6 Å². The van der Waals surface area contributed by atoms with Crippen molar-refractivity contribution in [2.75, 3.05) is 5.75 Å². The third kappa shape index (κ3) is 3.54. The van der Waals surface area contributed by atoms with Gasteiger partial charge in [-0.3, -0.25) is 4.79 Å². The zero-order chi connectivity index (χ0) is 13.8. The predicted molar refractivity (Wildman–Crippen MR) is 68.6 cm³/mol. The summed E-state index contributed by atoms with van der Waals surface area (Å²) in [4.78, 5) is 10.5. The van der Waals surface area contributed by atoms with E-state index in [-0.39, 0.29) is 11.6 Å². The number of carboxylic acids is 1. The number of benzene rings is 1. The minimum absolute atomic E-state index is 0.0636. The monoisotopic (exact) mass is 281 g/mol. The molecular weight excluding hydrogens is 269 g/mol. The first-order valence-electron chi connectivity index (χ1n) is 5.53. The van der Waals surface area contributed by atoms with Crippen molar-refractivity contribution in [3.05, 3.63) is 41.5 Å². The van der Waals surface area contributed by atoms with Gasteiger partial charge >= 0.3 is 5.97 Å². The Hall–Kier alpha value is -1.89. The normalized spacial score (nSPS) is 10.6. The van der Waals surface area contributed by atoms with Crippen LogP contribution in [0.1, 0.15) is 11.4 Å². The van der Waals surface area contributed by atoms with Crippen molar-refractivity contribution in [1.82, 2.24) is 14.8 Å². The van der Waals surface area contributed by atoms with Crippen LogP contribution in [0.25, 0.3) is 0 Å². The maximum atomic E-state index is 13.1. The fourth-order valence-electron chi connectivity index (χ4n) is 1.58. The summed E-state index contributed by atoms with van der Waals surface area (Å²) in [5, 5.41) is 17.1. The largest absolute Gasteiger partial charge is 0.481 e. The highest BCUT2D eigenvalue weighted by molar-refractivity contribution is 7.99. The van der Waals surface area contributed by atoms with Crippen LogP contribution in [0.15, 0.2) is 29.4 Å².